The van der Waals surface area contributed by atoms with Gasteiger partial charge in [0.1, 0.15) is 11.5 Å². The van der Waals surface area contributed by atoms with E-state index in [1.165, 1.54) is 16.7 Å². The van der Waals surface area contributed by atoms with Crippen LogP contribution in [0.3, 0.4) is 0 Å². The lowest BCUT2D eigenvalue weighted by molar-refractivity contribution is 0.152. The Kier molecular flexibility index (Phi) is 7.06. The molecule has 0 saturated heterocycles. The van der Waals surface area contributed by atoms with Crippen molar-refractivity contribution in [2.75, 3.05) is 21.3 Å². The van der Waals surface area contributed by atoms with Crippen LogP contribution in [0.5, 0.6) is 23.0 Å². The summed E-state index contributed by atoms with van der Waals surface area (Å²) in [5.74, 6) is 2.19. The van der Waals surface area contributed by atoms with Crippen LogP contribution in [0.2, 0.25) is 0 Å². The highest BCUT2D eigenvalue weighted by atomic mass is 16.5. The van der Waals surface area contributed by atoms with Gasteiger partial charge < -0.3 is 23.8 Å². The van der Waals surface area contributed by atoms with Gasteiger partial charge in [0.05, 0.1) is 21.3 Å². The molecule has 0 amide bonds. The normalized spacial score (nSPS) is 16.7. The van der Waals surface area contributed by atoms with Crippen molar-refractivity contribution in [3.05, 3.63) is 112 Å². The van der Waals surface area contributed by atoms with Gasteiger partial charge in [0.25, 0.3) is 5.82 Å². The summed E-state index contributed by atoms with van der Waals surface area (Å²) in [7, 11) is 4.85. The Balaban J connectivity index is 1.62. The van der Waals surface area contributed by atoms with Gasteiger partial charge in [-0.3, -0.25) is 0 Å². The van der Waals surface area contributed by atoms with Gasteiger partial charge in [-0.15, -0.1) is 16.5 Å². The molecule has 4 aromatic carbocycles. The van der Waals surface area contributed by atoms with Crippen molar-refractivity contribution in [2.24, 2.45) is 0 Å². The first kappa shape index (κ1) is 29.8. The molecule has 9 nitrogen and oxygen atoms in total. The number of methoxy groups -OCH3 is 3. The lowest BCUT2D eigenvalue weighted by atomic mass is 9.71. The highest BCUT2D eigenvalue weighted by molar-refractivity contribution is 6.09. The Bertz CT molecular complexity index is 2160. The van der Waals surface area contributed by atoms with Gasteiger partial charge >= 0.3 is 5.95 Å². The van der Waals surface area contributed by atoms with Crippen LogP contribution in [0, 0.1) is 17.9 Å². The highest BCUT2D eigenvalue weighted by Crippen LogP contribution is 2.61. The van der Waals surface area contributed by atoms with Gasteiger partial charge in [0, 0.05) is 21.9 Å². The minimum absolute atomic E-state index is 0.122. The van der Waals surface area contributed by atoms with E-state index in [-0.39, 0.29) is 23.0 Å². The van der Waals surface area contributed by atoms with Crippen LogP contribution >= 0.6 is 0 Å². The molecule has 1 aliphatic carbocycles. The maximum Gasteiger partial charge on any atom is 0.376 e. The molecule has 0 N–H and O–H groups in total. The fourth-order valence-corrected chi connectivity index (χ4v) is 7.35. The first-order chi connectivity index (χ1) is 22.9. The number of hydrogen-bond donors (Lipinski definition) is 0. The van der Waals surface area contributed by atoms with Crippen LogP contribution in [0.15, 0.2) is 66.7 Å². The molecule has 2 aliphatic rings. The molecule has 0 spiro atoms. The molecule has 1 aromatic heterocycles. The summed E-state index contributed by atoms with van der Waals surface area (Å²) in [5, 5.41) is 11.6. The van der Waals surface area contributed by atoms with Crippen molar-refractivity contribution in [1.29, 1.82) is 5.26 Å². The summed E-state index contributed by atoms with van der Waals surface area (Å²) < 4.78 is 24.3. The SMILES string of the molecule is [C-]#[N+]c1nc(C#N)nc(C2(c3ccc(OC)cc3)C=Cc3c4c(c5cc(OC)c(OC)cc5c3O2)-c2ccccc2C4(CC)CC)n1. The van der Waals surface area contributed by atoms with Crippen LogP contribution in [-0.2, 0) is 11.0 Å². The molecule has 0 bridgehead atoms. The second kappa shape index (κ2) is 11.1. The molecule has 1 aliphatic heterocycles. The topological polar surface area (TPSA) is 104 Å². The largest absolute Gasteiger partial charge is 0.497 e. The lowest BCUT2D eigenvalue weighted by Gasteiger charge is -2.37. The molecule has 9 heteroatoms. The molecule has 5 aromatic rings. The molecule has 0 radical (unpaired) electrons. The molecular formula is C38H31N5O4. The third-order valence-electron chi connectivity index (χ3n) is 9.62. The van der Waals surface area contributed by atoms with E-state index in [1.807, 2.05) is 48.5 Å². The molecule has 2 heterocycles. The zero-order valence-corrected chi connectivity index (χ0v) is 26.7. The van der Waals surface area contributed by atoms with Crippen molar-refractivity contribution in [3.8, 4) is 40.2 Å². The van der Waals surface area contributed by atoms with Gasteiger partial charge in [-0.2, -0.15) is 10.2 Å². The molecule has 7 rings (SSSR count). The second-order valence-electron chi connectivity index (χ2n) is 11.5. The first-order valence-electron chi connectivity index (χ1n) is 15.3. The summed E-state index contributed by atoms with van der Waals surface area (Å²) in [4.78, 5) is 16.5. The number of fused-ring (bicyclic) bond motifs is 8. The van der Waals surface area contributed by atoms with E-state index in [2.05, 4.69) is 64.0 Å². The number of hydrogen-bond acceptors (Lipinski definition) is 8. The van der Waals surface area contributed by atoms with Crippen LogP contribution in [0.25, 0.3) is 32.8 Å². The highest BCUT2D eigenvalue weighted by Gasteiger charge is 2.48. The Hall–Kier alpha value is -5.93. The van der Waals surface area contributed by atoms with Gasteiger partial charge in [-0.25, -0.2) is 0 Å². The van der Waals surface area contributed by atoms with Crippen LogP contribution in [-0.4, -0.2) is 36.3 Å². The Morgan fingerprint density at radius 1 is 0.894 bits per heavy atom. The second-order valence-corrected chi connectivity index (χ2v) is 11.5. The maximum atomic E-state index is 9.81. The van der Waals surface area contributed by atoms with Gasteiger partial charge in [0.15, 0.2) is 17.6 Å². The Morgan fingerprint density at radius 3 is 2.23 bits per heavy atom. The van der Waals surface area contributed by atoms with Crippen molar-refractivity contribution in [3.63, 3.8) is 0 Å². The summed E-state index contributed by atoms with van der Waals surface area (Å²) >= 11 is 0. The first-order valence-corrected chi connectivity index (χ1v) is 15.3. The fourth-order valence-electron chi connectivity index (χ4n) is 7.35. The molecule has 47 heavy (non-hydrogen) atoms. The van der Waals surface area contributed by atoms with E-state index in [0.717, 1.165) is 34.7 Å². The standard InChI is InChI=1S/C38H31N5O4/c1-7-37(8-2)28-12-10-9-11-24(28)32-26-19-29(45-5)30(46-6)20-27(26)34-25(33(32)37)17-18-38(47-34,22-13-15-23(44-4)16-14-22)35-41-31(21-39)42-36(40-3)43-35/h9-20H,7-8H2,1-2,4-6H3. The minimum atomic E-state index is -1.42. The smallest absolute Gasteiger partial charge is 0.376 e. The predicted octanol–water partition coefficient (Wildman–Crippen LogP) is 7.91. The van der Waals surface area contributed by atoms with Crippen LogP contribution in [0.1, 0.15) is 60.6 Å². The number of ether oxygens (including phenoxy) is 4. The molecular weight excluding hydrogens is 590 g/mol. The monoisotopic (exact) mass is 621 g/mol. The van der Waals surface area contributed by atoms with E-state index in [1.54, 1.807) is 21.3 Å². The van der Waals surface area contributed by atoms with Crippen molar-refractivity contribution in [2.45, 2.75) is 37.7 Å². The summed E-state index contributed by atoms with van der Waals surface area (Å²) in [6.45, 7) is 12.1. The average molecular weight is 622 g/mol. The number of benzene rings is 4. The molecule has 1 unspecified atom stereocenters. The lowest BCUT2D eigenvalue weighted by Crippen LogP contribution is -2.37. The third-order valence-corrected chi connectivity index (χ3v) is 9.62. The molecule has 0 saturated carbocycles. The zero-order valence-electron chi connectivity index (χ0n) is 26.7. The number of rotatable bonds is 7. The van der Waals surface area contributed by atoms with Crippen molar-refractivity contribution in [1.82, 2.24) is 15.0 Å². The fraction of sp³-hybridized carbons (Fsp3) is 0.237. The van der Waals surface area contributed by atoms with E-state index in [4.69, 9.17) is 25.5 Å². The third kappa shape index (κ3) is 4.17. The van der Waals surface area contributed by atoms with Crippen molar-refractivity contribution < 1.29 is 18.9 Å². The zero-order chi connectivity index (χ0) is 32.9. The molecule has 0 fully saturated rings. The van der Waals surface area contributed by atoms with E-state index in [0.29, 0.717) is 28.6 Å². The van der Waals surface area contributed by atoms with Crippen molar-refractivity contribution >= 4 is 22.8 Å². The summed E-state index contributed by atoms with van der Waals surface area (Å²) in [6, 6.07) is 22.0. The van der Waals surface area contributed by atoms with E-state index < -0.39 is 5.60 Å². The maximum absolute atomic E-state index is 9.81. The Morgan fingerprint density at radius 2 is 1.60 bits per heavy atom. The van der Waals surface area contributed by atoms with Gasteiger partial charge in [-0.05, 0) is 70.8 Å². The molecule has 1 atom stereocenters. The Labute approximate surface area is 272 Å². The summed E-state index contributed by atoms with van der Waals surface area (Å²) in [6.07, 6.45) is 5.76. The predicted molar refractivity (Wildman–Crippen MR) is 178 cm³/mol. The molecule has 232 valence electrons. The van der Waals surface area contributed by atoms with E-state index in [9.17, 15) is 5.26 Å². The quantitative estimate of drug-likeness (QED) is 0.169. The number of aromatic nitrogens is 3. The summed E-state index contributed by atoms with van der Waals surface area (Å²) in [5.41, 5.74) is 4.73. The van der Waals surface area contributed by atoms with Gasteiger partial charge in [-0.1, -0.05) is 56.3 Å². The number of nitrogens with zero attached hydrogens (tertiary/aromatic N) is 5. The minimum Gasteiger partial charge on any atom is -0.497 e. The van der Waals surface area contributed by atoms with Crippen LogP contribution < -0.4 is 18.9 Å². The number of nitriles is 1. The van der Waals surface area contributed by atoms with Gasteiger partial charge in [0.2, 0.25) is 11.4 Å². The van der Waals surface area contributed by atoms with E-state index >= 15 is 0 Å². The van der Waals surface area contributed by atoms with Crippen LogP contribution in [0.4, 0.5) is 5.95 Å². The average Bonchev–Trinajstić information content (AvgIpc) is 3.44.